The lowest BCUT2D eigenvalue weighted by molar-refractivity contribution is -0.384. The van der Waals surface area contributed by atoms with Crippen LogP contribution in [0.3, 0.4) is 0 Å². The molecule has 5 aromatic rings. The molecule has 1 amide bonds. The second kappa shape index (κ2) is 17.2. The van der Waals surface area contributed by atoms with Gasteiger partial charge in [-0.15, -0.1) is 0 Å². The molecule has 11 rings (SSSR count). The van der Waals surface area contributed by atoms with Crippen LogP contribution in [0.5, 0.6) is 11.8 Å². The highest BCUT2D eigenvalue weighted by atomic mass is 32.2. The van der Waals surface area contributed by atoms with Crippen molar-refractivity contribution in [2.45, 2.75) is 68.6 Å². The van der Waals surface area contributed by atoms with Crippen LogP contribution in [0.2, 0.25) is 0 Å². The SMILES string of the molecule is Cc1ccccc1[C@@H]1CN(C)CCN1C1CC2(CCN(c3ccc(C(=O)NS(=O)(=O)c4cc([N+](=O)[O-])c5c(n4)OC[C@@H](C4CCOCC4)N5)c(N4CCOc5nc6[nH]ccc6cc54)c3)CC2)C1. The van der Waals surface area contributed by atoms with Gasteiger partial charge in [0.05, 0.1) is 34.8 Å². The van der Waals surface area contributed by atoms with Crippen LogP contribution in [0.4, 0.5) is 28.4 Å². The topological polar surface area (TPSA) is 201 Å². The van der Waals surface area contributed by atoms with E-state index in [1.807, 2.05) is 29.2 Å². The number of H-pyrrole nitrogens is 1. The summed E-state index contributed by atoms with van der Waals surface area (Å²) in [5.74, 6) is -0.596. The number of anilines is 4. The van der Waals surface area contributed by atoms with Crippen molar-refractivity contribution in [3.63, 3.8) is 0 Å². The highest BCUT2D eigenvalue weighted by molar-refractivity contribution is 7.90. The van der Waals surface area contributed by atoms with E-state index in [0.717, 1.165) is 75.5 Å². The van der Waals surface area contributed by atoms with E-state index in [0.29, 0.717) is 54.7 Å². The van der Waals surface area contributed by atoms with E-state index in [4.69, 9.17) is 19.2 Å². The standard InChI is InChI=1S/C48H56N10O8S/c1-30-5-3-4-6-35(30)41-28-54(2)17-18-56(41)34-26-48(27-34)12-15-55(16-13-48)33-7-8-36(38(24-33)57-19-22-65-46-40(57)23-32-9-14-49-44(32)52-46)45(59)53-67(62,63)42-25-39(58(60)61)43-47(51-42)66-29-37(50-43)31-10-20-64-21-11-31/h3-9,14,23-25,31,34,37,41,50H,10-13,15-22,26-29H2,1-2H3,(H,49,52)(H,53,59)/t37-,41-/m0/s1. The van der Waals surface area contributed by atoms with Crippen LogP contribution in [0.1, 0.15) is 66.1 Å². The molecule has 1 aliphatic carbocycles. The summed E-state index contributed by atoms with van der Waals surface area (Å²) in [5, 5.41) is 15.7. The number of fused-ring (bicyclic) bond motifs is 3. The van der Waals surface area contributed by atoms with Crippen molar-refractivity contribution in [3.8, 4) is 11.8 Å². The van der Waals surface area contributed by atoms with Gasteiger partial charge in [0.25, 0.3) is 15.9 Å². The number of piperazine rings is 1. The average Bonchev–Trinajstić information content (AvgIpc) is 3.79. The van der Waals surface area contributed by atoms with E-state index in [-0.39, 0.29) is 47.7 Å². The Morgan fingerprint density at radius 3 is 2.52 bits per heavy atom. The number of carbonyl (C=O) groups is 1. The van der Waals surface area contributed by atoms with Crippen molar-refractivity contribution in [1.29, 1.82) is 0 Å². The Morgan fingerprint density at radius 1 is 0.925 bits per heavy atom. The lowest BCUT2D eigenvalue weighted by atomic mass is 9.59. The molecule has 0 bridgehead atoms. The lowest BCUT2D eigenvalue weighted by Gasteiger charge is -2.58. The summed E-state index contributed by atoms with van der Waals surface area (Å²) in [7, 11) is -2.53. The predicted molar refractivity (Wildman–Crippen MR) is 252 cm³/mol. The number of carbonyl (C=O) groups excluding carboxylic acids is 1. The Hall–Kier alpha value is -6.02. The molecule has 5 aliphatic heterocycles. The summed E-state index contributed by atoms with van der Waals surface area (Å²) in [6, 6.07) is 19.7. The van der Waals surface area contributed by atoms with E-state index in [1.54, 1.807) is 12.3 Å². The number of piperidine rings is 1. The number of nitro groups is 1. The van der Waals surface area contributed by atoms with Crippen LogP contribution in [0.15, 0.2) is 71.9 Å². The average molecular weight is 933 g/mol. The van der Waals surface area contributed by atoms with Crippen LogP contribution in [0.25, 0.3) is 11.0 Å². The molecular formula is C48H56N10O8S. The minimum Gasteiger partial charge on any atom is -0.474 e. The number of pyridine rings is 2. The third-order valence-corrected chi connectivity index (χ3v) is 16.4. The molecule has 6 aliphatic rings. The predicted octanol–water partition coefficient (Wildman–Crippen LogP) is 6.16. The first-order valence-corrected chi connectivity index (χ1v) is 24.9. The van der Waals surface area contributed by atoms with Crippen molar-refractivity contribution in [2.24, 2.45) is 11.3 Å². The Kier molecular flexibility index (Phi) is 11.2. The number of ether oxygens (including phenoxy) is 3. The molecule has 0 unspecified atom stereocenters. The molecule has 2 aromatic carbocycles. The molecule has 3 saturated heterocycles. The maximum absolute atomic E-state index is 14.4. The summed E-state index contributed by atoms with van der Waals surface area (Å²) >= 11 is 0. The van der Waals surface area contributed by atoms with E-state index in [2.05, 4.69) is 72.9 Å². The maximum Gasteiger partial charge on any atom is 0.300 e. The molecule has 1 saturated carbocycles. The van der Waals surface area contributed by atoms with Gasteiger partial charge in [-0.3, -0.25) is 19.8 Å². The molecular weight excluding hydrogens is 877 g/mol. The van der Waals surface area contributed by atoms with E-state index in [1.165, 1.54) is 24.0 Å². The van der Waals surface area contributed by atoms with E-state index < -0.39 is 31.6 Å². The van der Waals surface area contributed by atoms with Crippen molar-refractivity contribution >= 4 is 55.4 Å². The summed E-state index contributed by atoms with van der Waals surface area (Å²) in [6.07, 6.45) is 7.77. The number of likely N-dealkylation sites (N-methyl/N-ethyl adjacent to an activating group) is 1. The third-order valence-electron chi connectivity index (χ3n) is 15.2. The highest BCUT2D eigenvalue weighted by Gasteiger charge is 2.50. The Balaban J connectivity index is 0.851. The largest absolute Gasteiger partial charge is 0.474 e. The van der Waals surface area contributed by atoms with Crippen LogP contribution >= 0.6 is 0 Å². The van der Waals surface area contributed by atoms with Crippen molar-refractivity contribution in [1.82, 2.24) is 29.5 Å². The second-order valence-electron chi connectivity index (χ2n) is 19.2. The first kappa shape index (κ1) is 43.5. The van der Waals surface area contributed by atoms with Gasteiger partial charge in [-0.05, 0) is 105 Å². The minimum atomic E-state index is -4.75. The first-order chi connectivity index (χ1) is 32.4. The number of nitrogens with zero attached hydrogens (tertiary/aromatic N) is 7. The number of aromatic amines is 1. The maximum atomic E-state index is 14.4. The van der Waals surface area contributed by atoms with Gasteiger partial charge in [-0.1, -0.05) is 24.3 Å². The molecule has 352 valence electrons. The molecule has 8 heterocycles. The molecule has 4 fully saturated rings. The van der Waals surface area contributed by atoms with Gasteiger partial charge >= 0.3 is 5.69 Å². The molecule has 19 heteroatoms. The van der Waals surface area contributed by atoms with Gasteiger partial charge in [0.2, 0.25) is 11.8 Å². The first-order valence-electron chi connectivity index (χ1n) is 23.4. The molecule has 67 heavy (non-hydrogen) atoms. The smallest absolute Gasteiger partial charge is 0.300 e. The molecule has 1 spiro atoms. The quantitative estimate of drug-likeness (QED) is 0.112. The monoisotopic (exact) mass is 932 g/mol. The molecule has 2 atom stereocenters. The van der Waals surface area contributed by atoms with Crippen LogP contribution in [-0.4, -0.2) is 129 Å². The molecule has 3 aromatic heterocycles. The number of hydrogen-bond donors (Lipinski definition) is 3. The normalized spacial score (nSPS) is 22.5. The van der Waals surface area contributed by atoms with Gasteiger partial charge in [-0.25, -0.2) is 4.72 Å². The number of amides is 1. The Labute approximate surface area is 389 Å². The number of hydrogen-bond acceptors (Lipinski definition) is 15. The summed E-state index contributed by atoms with van der Waals surface area (Å²) in [6.45, 7) is 9.01. The highest BCUT2D eigenvalue weighted by Crippen LogP contribution is 2.53. The molecule has 0 radical (unpaired) electrons. The van der Waals surface area contributed by atoms with Crippen molar-refractivity contribution in [3.05, 3.63) is 93.7 Å². The van der Waals surface area contributed by atoms with Gasteiger partial charge in [0, 0.05) is 75.3 Å². The van der Waals surface area contributed by atoms with Gasteiger partial charge < -0.3 is 39.2 Å². The van der Waals surface area contributed by atoms with Gasteiger partial charge in [0.15, 0.2) is 10.7 Å². The van der Waals surface area contributed by atoms with Crippen molar-refractivity contribution < 1.29 is 32.3 Å². The second-order valence-corrected chi connectivity index (χ2v) is 20.8. The van der Waals surface area contributed by atoms with Gasteiger partial charge in [-0.2, -0.15) is 18.4 Å². The number of sulfonamides is 1. The van der Waals surface area contributed by atoms with Gasteiger partial charge in [0.1, 0.15) is 24.5 Å². The minimum absolute atomic E-state index is 0.00887. The number of nitrogens with one attached hydrogen (secondary N) is 3. The fraction of sp³-hybridized carbons (Fsp3) is 0.479. The molecule has 3 N–H and O–H groups in total. The van der Waals surface area contributed by atoms with Crippen LogP contribution in [-0.2, 0) is 14.8 Å². The van der Waals surface area contributed by atoms with E-state index >= 15 is 0 Å². The summed E-state index contributed by atoms with van der Waals surface area (Å²) < 4.78 is 47.7. The lowest BCUT2D eigenvalue weighted by Crippen LogP contribution is -2.59. The third kappa shape index (κ3) is 8.18. The number of benzene rings is 2. The Morgan fingerprint density at radius 2 is 1.73 bits per heavy atom. The van der Waals surface area contributed by atoms with Crippen molar-refractivity contribution in [2.75, 3.05) is 87.9 Å². The number of aryl methyl sites for hydroxylation is 1. The number of aromatic nitrogens is 3. The van der Waals surface area contributed by atoms with E-state index in [9.17, 15) is 23.3 Å². The zero-order valence-corrected chi connectivity index (χ0v) is 38.6. The summed E-state index contributed by atoms with van der Waals surface area (Å²) in [5.41, 5.74) is 5.32. The zero-order chi connectivity index (χ0) is 46.0. The summed E-state index contributed by atoms with van der Waals surface area (Å²) in [4.78, 5) is 47.7. The van der Waals surface area contributed by atoms with Crippen LogP contribution in [0, 0.1) is 28.4 Å². The van der Waals surface area contributed by atoms with Crippen LogP contribution < -0.4 is 29.3 Å². The fourth-order valence-electron chi connectivity index (χ4n) is 11.4. The number of rotatable bonds is 9. The molecule has 18 nitrogen and oxygen atoms in total. The Bertz CT molecular complexity index is 2840. The fourth-order valence-corrected chi connectivity index (χ4v) is 12.4. The zero-order valence-electron chi connectivity index (χ0n) is 37.8.